The van der Waals surface area contributed by atoms with Gasteiger partial charge in [0.25, 0.3) is 0 Å². The maximum absolute atomic E-state index is 12.5. The summed E-state index contributed by atoms with van der Waals surface area (Å²) in [7, 11) is 0. The number of Topliss-reactive ketones (excluding diaryl/α,β-unsaturated/α-hetero) is 1. The maximum atomic E-state index is 12.5. The highest BCUT2D eigenvalue weighted by atomic mass is 16.3. The quantitative estimate of drug-likeness (QED) is 0.631. The van der Waals surface area contributed by atoms with Crippen LogP contribution in [0.15, 0.2) is 52.6 Å². The van der Waals surface area contributed by atoms with E-state index in [1.165, 1.54) is 0 Å². The van der Waals surface area contributed by atoms with Crippen molar-refractivity contribution in [3.8, 4) is 0 Å². The minimum atomic E-state index is 0.240. The topological polar surface area (TPSA) is 33.5 Å². The second kappa shape index (κ2) is 4.72. The zero-order valence-electron chi connectivity index (χ0n) is 12.8. The molecule has 3 fully saturated rings. The number of para-hydroxylation sites is 1. The van der Waals surface area contributed by atoms with E-state index in [1.807, 2.05) is 30.3 Å². The molecule has 0 N–H and O–H groups in total. The highest BCUT2D eigenvalue weighted by Gasteiger charge is 2.36. The van der Waals surface area contributed by atoms with Gasteiger partial charge in [-0.1, -0.05) is 24.3 Å². The number of carbonyl (C=O) groups excluding carboxylic acids is 1. The largest absolute Gasteiger partial charge is 0.456 e. The van der Waals surface area contributed by atoms with Gasteiger partial charge in [-0.15, -0.1) is 0 Å². The highest BCUT2D eigenvalue weighted by Crippen LogP contribution is 2.34. The minimum absolute atomic E-state index is 0.240. The Morgan fingerprint density at radius 2 is 1.78 bits per heavy atom. The normalized spacial score (nSPS) is 20.3. The average molecular weight is 303 g/mol. The van der Waals surface area contributed by atoms with E-state index in [0.29, 0.717) is 5.78 Å². The van der Waals surface area contributed by atoms with Crippen LogP contribution < -0.4 is 0 Å². The molecule has 3 saturated heterocycles. The van der Waals surface area contributed by atoms with Crippen molar-refractivity contribution in [1.29, 1.82) is 0 Å². The molecule has 2 aromatic carbocycles. The van der Waals surface area contributed by atoms with Gasteiger partial charge in [-0.05, 0) is 42.7 Å². The predicted octanol–water partition coefficient (Wildman–Crippen LogP) is 4.22. The molecule has 3 nitrogen and oxygen atoms in total. The summed E-state index contributed by atoms with van der Waals surface area (Å²) < 4.78 is 5.87. The smallest absolute Gasteiger partial charge is 0.182 e. The van der Waals surface area contributed by atoms with E-state index < -0.39 is 0 Å². The molecule has 0 radical (unpaired) electrons. The fourth-order valence-corrected chi connectivity index (χ4v) is 3.90. The van der Waals surface area contributed by atoms with Gasteiger partial charge in [-0.3, -0.25) is 4.79 Å². The zero-order chi connectivity index (χ0) is 15.4. The second-order valence-corrected chi connectivity index (χ2v) is 6.51. The van der Waals surface area contributed by atoms with Gasteiger partial charge >= 0.3 is 0 Å². The Balaban J connectivity index is 1.64. The van der Waals surface area contributed by atoms with Crippen LogP contribution in [-0.2, 0) is 4.79 Å². The third kappa shape index (κ3) is 1.93. The van der Waals surface area contributed by atoms with Gasteiger partial charge in [-0.2, -0.15) is 0 Å². The van der Waals surface area contributed by atoms with E-state index in [0.717, 1.165) is 59.1 Å². The summed E-state index contributed by atoms with van der Waals surface area (Å²) in [6.45, 7) is 2.03. The van der Waals surface area contributed by atoms with Crippen molar-refractivity contribution in [3.63, 3.8) is 0 Å². The number of rotatable bonds is 1. The van der Waals surface area contributed by atoms with Crippen molar-refractivity contribution in [2.75, 3.05) is 13.1 Å². The molecule has 3 heteroatoms. The van der Waals surface area contributed by atoms with Crippen LogP contribution in [0.4, 0.5) is 0 Å². The molecule has 0 spiro atoms. The Hall–Kier alpha value is -2.55. The molecule has 0 unspecified atom stereocenters. The lowest BCUT2D eigenvalue weighted by Crippen LogP contribution is -2.45. The van der Waals surface area contributed by atoms with Crippen molar-refractivity contribution in [2.45, 2.75) is 12.8 Å². The van der Waals surface area contributed by atoms with Crippen LogP contribution in [0.1, 0.15) is 18.4 Å². The van der Waals surface area contributed by atoms with Gasteiger partial charge in [0.2, 0.25) is 0 Å². The molecule has 3 aliphatic heterocycles. The lowest BCUT2D eigenvalue weighted by Gasteiger charge is -2.41. The fraction of sp³-hybridized carbons (Fsp3) is 0.250. The third-order valence-corrected chi connectivity index (χ3v) is 5.16. The van der Waals surface area contributed by atoms with Crippen LogP contribution in [0.25, 0.3) is 28.0 Å². The number of furan rings is 1. The predicted molar refractivity (Wildman–Crippen MR) is 91.0 cm³/mol. The van der Waals surface area contributed by atoms with E-state index in [-0.39, 0.29) is 5.92 Å². The molecule has 1 aromatic heterocycles. The van der Waals surface area contributed by atoms with Gasteiger partial charge in [-0.25, -0.2) is 0 Å². The molecule has 2 bridgehead atoms. The molecule has 0 aliphatic carbocycles. The number of carbonyl (C=O) groups is 1. The number of hydrogen-bond acceptors (Lipinski definition) is 3. The summed E-state index contributed by atoms with van der Waals surface area (Å²) in [5.41, 5.74) is 3.76. The van der Waals surface area contributed by atoms with E-state index in [1.54, 1.807) is 0 Å². The Labute approximate surface area is 134 Å². The molecule has 3 aromatic rings. The van der Waals surface area contributed by atoms with Crippen molar-refractivity contribution in [1.82, 2.24) is 4.90 Å². The number of ketones is 1. The summed E-state index contributed by atoms with van der Waals surface area (Å²) in [6, 6.07) is 14.2. The number of hydrogen-bond donors (Lipinski definition) is 0. The summed E-state index contributed by atoms with van der Waals surface area (Å²) in [5, 5.41) is 2.23. The van der Waals surface area contributed by atoms with E-state index in [4.69, 9.17) is 4.42 Å². The molecule has 114 valence electrons. The summed E-state index contributed by atoms with van der Waals surface area (Å²) in [6.07, 6.45) is 4.08. The first-order valence-corrected chi connectivity index (χ1v) is 8.22. The Bertz CT molecular complexity index is 958. The monoisotopic (exact) mass is 303 g/mol. The average Bonchev–Trinajstić information content (AvgIpc) is 2.96. The van der Waals surface area contributed by atoms with E-state index >= 15 is 0 Å². The van der Waals surface area contributed by atoms with Crippen LogP contribution in [0.3, 0.4) is 0 Å². The molecule has 3 aliphatic rings. The molecule has 6 rings (SSSR count). The summed E-state index contributed by atoms with van der Waals surface area (Å²) in [4.78, 5) is 14.7. The van der Waals surface area contributed by atoms with Crippen molar-refractivity contribution in [3.05, 3.63) is 53.7 Å². The van der Waals surface area contributed by atoms with Crippen LogP contribution in [0, 0.1) is 5.92 Å². The fourth-order valence-electron chi connectivity index (χ4n) is 3.90. The van der Waals surface area contributed by atoms with E-state index in [9.17, 15) is 4.79 Å². The van der Waals surface area contributed by atoms with Gasteiger partial charge in [0, 0.05) is 29.8 Å². The number of benzene rings is 2. The van der Waals surface area contributed by atoms with Gasteiger partial charge in [0.15, 0.2) is 5.78 Å². The first kappa shape index (κ1) is 12.9. The van der Waals surface area contributed by atoms with Crippen LogP contribution >= 0.6 is 0 Å². The third-order valence-electron chi connectivity index (χ3n) is 5.16. The number of fused-ring (bicyclic) bond motifs is 6. The molecule has 23 heavy (non-hydrogen) atoms. The van der Waals surface area contributed by atoms with Crippen LogP contribution in [0.5, 0.6) is 0 Å². The molecular weight excluding hydrogens is 286 g/mol. The highest BCUT2D eigenvalue weighted by molar-refractivity contribution is 6.06. The molecule has 0 atom stereocenters. The summed E-state index contributed by atoms with van der Waals surface area (Å²) >= 11 is 0. The summed E-state index contributed by atoms with van der Waals surface area (Å²) in [5.74, 6) is 0.560. The zero-order valence-corrected chi connectivity index (χ0v) is 12.8. The lowest BCUT2D eigenvalue weighted by molar-refractivity contribution is -0.125. The number of nitrogens with zero attached hydrogens (tertiary/aromatic N) is 1. The van der Waals surface area contributed by atoms with Crippen molar-refractivity contribution < 1.29 is 9.21 Å². The number of allylic oxidation sites excluding steroid dienone is 1. The van der Waals surface area contributed by atoms with Crippen molar-refractivity contribution >= 4 is 33.8 Å². The SMILES string of the molecule is O=C1C(=Cc2ccc3oc4ccccc4c3c2)N2CCC1CC2. The van der Waals surface area contributed by atoms with Crippen LogP contribution in [-0.4, -0.2) is 23.8 Å². The minimum Gasteiger partial charge on any atom is -0.456 e. The van der Waals surface area contributed by atoms with Gasteiger partial charge in [0.05, 0.1) is 5.70 Å². The number of piperidine rings is 3. The first-order chi connectivity index (χ1) is 11.3. The Kier molecular flexibility index (Phi) is 2.66. The molecule has 0 amide bonds. The Morgan fingerprint density at radius 1 is 1.00 bits per heavy atom. The first-order valence-electron chi connectivity index (χ1n) is 8.22. The van der Waals surface area contributed by atoms with Crippen LogP contribution in [0.2, 0.25) is 0 Å². The van der Waals surface area contributed by atoms with Gasteiger partial charge in [0.1, 0.15) is 11.2 Å². The van der Waals surface area contributed by atoms with E-state index in [2.05, 4.69) is 23.1 Å². The molecular formula is C20H17NO2. The molecule has 4 heterocycles. The van der Waals surface area contributed by atoms with Gasteiger partial charge < -0.3 is 9.32 Å². The standard InChI is InChI=1S/C20H17NO2/c22-20-14-7-9-21(10-8-14)17(20)12-13-5-6-19-16(11-13)15-3-1-2-4-18(15)23-19/h1-6,11-12,14H,7-10H2. The van der Waals surface area contributed by atoms with Crippen molar-refractivity contribution in [2.24, 2.45) is 5.92 Å². The molecule has 0 saturated carbocycles. The maximum Gasteiger partial charge on any atom is 0.182 e. The second-order valence-electron chi connectivity index (χ2n) is 6.51. The Morgan fingerprint density at radius 3 is 2.61 bits per heavy atom. The lowest BCUT2D eigenvalue weighted by atomic mass is 9.84.